The molecule has 1 aromatic heterocycles. The van der Waals surface area contributed by atoms with Crippen molar-refractivity contribution in [2.24, 2.45) is 0 Å². The van der Waals surface area contributed by atoms with Crippen molar-refractivity contribution in [3.8, 4) is 0 Å². The minimum Gasteiger partial charge on any atom is -0.256 e. The summed E-state index contributed by atoms with van der Waals surface area (Å²) in [6, 6.07) is 5.40. The molecule has 2 heteroatoms. The summed E-state index contributed by atoms with van der Waals surface area (Å²) in [5.41, 5.74) is 2.58. The quantitative estimate of drug-likeness (QED) is 0.650. The van der Waals surface area contributed by atoms with Crippen LogP contribution in [0.5, 0.6) is 0 Å². The number of benzene rings is 1. The average molecular weight is 217 g/mol. The summed E-state index contributed by atoms with van der Waals surface area (Å²) in [5.74, 6) is -0.173. The third-order valence-corrected chi connectivity index (χ3v) is 2.75. The molecular formula is C14H16FN. The van der Waals surface area contributed by atoms with Gasteiger partial charge in [0.05, 0.1) is 5.52 Å². The first kappa shape index (κ1) is 11.1. The smallest absolute Gasteiger partial charge is 0.133 e. The SMILES string of the molecule is Cc1cc(F)c2c(C(C)(C)C)ccnc2c1. The molecule has 0 aliphatic rings. The predicted octanol–water partition coefficient (Wildman–Crippen LogP) is 3.98. The van der Waals surface area contributed by atoms with Crippen LogP contribution in [0.1, 0.15) is 31.9 Å². The van der Waals surface area contributed by atoms with Crippen molar-refractivity contribution in [3.63, 3.8) is 0 Å². The van der Waals surface area contributed by atoms with E-state index in [1.54, 1.807) is 12.3 Å². The van der Waals surface area contributed by atoms with E-state index in [1.807, 2.05) is 19.1 Å². The second-order valence-corrected chi connectivity index (χ2v) is 5.25. The number of hydrogen-bond acceptors (Lipinski definition) is 1. The van der Waals surface area contributed by atoms with Gasteiger partial charge in [0.25, 0.3) is 0 Å². The fourth-order valence-electron chi connectivity index (χ4n) is 1.99. The summed E-state index contributed by atoms with van der Waals surface area (Å²) in [6.07, 6.45) is 1.75. The Morgan fingerprint density at radius 2 is 1.88 bits per heavy atom. The van der Waals surface area contributed by atoms with Gasteiger partial charge >= 0.3 is 0 Å². The van der Waals surface area contributed by atoms with Gasteiger partial charge in [-0.25, -0.2) is 4.39 Å². The standard InChI is InChI=1S/C14H16FN/c1-9-7-11(15)13-10(14(2,3)4)5-6-16-12(13)8-9/h5-8H,1-4H3. The second kappa shape index (κ2) is 3.55. The number of halogens is 1. The van der Waals surface area contributed by atoms with E-state index >= 15 is 0 Å². The van der Waals surface area contributed by atoms with Crippen molar-refractivity contribution in [2.45, 2.75) is 33.1 Å². The summed E-state index contributed by atoms with van der Waals surface area (Å²) in [7, 11) is 0. The highest BCUT2D eigenvalue weighted by molar-refractivity contribution is 5.84. The third-order valence-electron chi connectivity index (χ3n) is 2.75. The molecule has 0 atom stereocenters. The number of pyridine rings is 1. The van der Waals surface area contributed by atoms with Crippen molar-refractivity contribution in [3.05, 3.63) is 41.3 Å². The van der Waals surface area contributed by atoms with Crippen molar-refractivity contribution in [1.82, 2.24) is 4.98 Å². The lowest BCUT2D eigenvalue weighted by molar-refractivity contribution is 0.585. The Kier molecular flexibility index (Phi) is 2.45. The van der Waals surface area contributed by atoms with Gasteiger partial charge in [0.1, 0.15) is 5.82 Å². The van der Waals surface area contributed by atoms with Crippen LogP contribution in [0.3, 0.4) is 0 Å². The van der Waals surface area contributed by atoms with Gasteiger partial charge in [0.2, 0.25) is 0 Å². The molecule has 2 rings (SSSR count). The van der Waals surface area contributed by atoms with Crippen molar-refractivity contribution in [2.75, 3.05) is 0 Å². The van der Waals surface area contributed by atoms with Crippen LogP contribution >= 0.6 is 0 Å². The van der Waals surface area contributed by atoms with E-state index in [0.717, 1.165) is 16.6 Å². The Balaban J connectivity index is 2.87. The van der Waals surface area contributed by atoms with Gasteiger partial charge < -0.3 is 0 Å². The summed E-state index contributed by atoms with van der Waals surface area (Å²) in [5, 5.41) is 0.653. The van der Waals surface area contributed by atoms with Crippen LogP contribution in [0, 0.1) is 12.7 Å². The summed E-state index contributed by atoms with van der Waals surface area (Å²) >= 11 is 0. The zero-order valence-corrected chi connectivity index (χ0v) is 10.1. The van der Waals surface area contributed by atoms with E-state index in [9.17, 15) is 4.39 Å². The minimum absolute atomic E-state index is 0.0721. The molecule has 0 N–H and O–H groups in total. The molecule has 0 fully saturated rings. The first-order valence-electron chi connectivity index (χ1n) is 5.45. The molecule has 0 spiro atoms. The molecule has 1 nitrogen and oxygen atoms in total. The molecule has 2 aromatic rings. The topological polar surface area (TPSA) is 12.9 Å². The fraction of sp³-hybridized carbons (Fsp3) is 0.357. The summed E-state index contributed by atoms with van der Waals surface area (Å²) in [6.45, 7) is 8.14. The lowest BCUT2D eigenvalue weighted by atomic mass is 9.84. The normalized spacial score (nSPS) is 12.1. The zero-order valence-electron chi connectivity index (χ0n) is 10.1. The first-order chi connectivity index (χ1) is 7.39. The lowest BCUT2D eigenvalue weighted by Crippen LogP contribution is -2.12. The molecule has 0 radical (unpaired) electrons. The summed E-state index contributed by atoms with van der Waals surface area (Å²) < 4.78 is 14.0. The van der Waals surface area contributed by atoms with Crippen molar-refractivity contribution < 1.29 is 4.39 Å². The number of rotatable bonds is 0. The van der Waals surface area contributed by atoms with E-state index in [2.05, 4.69) is 25.8 Å². The molecule has 0 amide bonds. The molecule has 0 bridgehead atoms. The van der Waals surface area contributed by atoms with E-state index in [-0.39, 0.29) is 11.2 Å². The Morgan fingerprint density at radius 1 is 1.19 bits per heavy atom. The third kappa shape index (κ3) is 1.80. The highest BCUT2D eigenvalue weighted by atomic mass is 19.1. The van der Waals surface area contributed by atoms with E-state index in [4.69, 9.17) is 0 Å². The number of nitrogens with zero attached hydrogens (tertiary/aromatic N) is 1. The van der Waals surface area contributed by atoms with E-state index in [0.29, 0.717) is 5.39 Å². The van der Waals surface area contributed by atoms with Crippen LogP contribution in [0.25, 0.3) is 10.9 Å². The molecule has 0 saturated heterocycles. The Morgan fingerprint density at radius 3 is 2.50 bits per heavy atom. The first-order valence-corrected chi connectivity index (χ1v) is 5.45. The molecule has 1 aromatic carbocycles. The highest BCUT2D eigenvalue weighted by Gasteiger charge is 2.19. The van der Waals surface area contributed by atoms with E-state index in [1.165, 1.54) is 0 Å². The number of aromatic nitrogens is 1. The minimum atomic E-state index is -0.173. The second-order valence-electron chi connectivity index (χ2n) is 5.25. The Labute approximate surface area is 95.3 Å². The highest BCUT2D eigenvalue weighted by Crippen LogP contribution is 2.31. The van der Waals surface area contributed by atoms with E-state index < -0.39 is 0 Å². The van der Waals surface area contributed by atoms with Crippen molar-refractivity contribution >= 4 is 10.9 Å². The van der Waals surface area contributed by atoms with Gasteiger partial charge in [-0.15, -0.1) is 0 Å². The van der Waals surface area contributed by atoms with Crippen LogP contribution < -0.4 is 0 Å². The molecule has 84 valence electrons. The maximum Gasteiger partial charge on any atom is 0.133 e. The molecule has 0 saturated carbocycles. The maximum absolute atomic E-state index is 14.0. The van der Waals surface area contributed by atoms with Gasteiger partial charge in [-0.1, -0.05) is 20.8 Å². The predicted molar refractivity (Wildman–Crippen MR) is 65.1 cm³/mol. The number of fused-ring (bicyclic) bond motifs is 1. The number of hydrogen-bond donors (Lipinski definition) is 0. The Bertz CT molecular complexity index is 538. The molecule has 0 aliphatic heterocycles. The monoisotopic (exact) mass is 217 g/mol. The van der Waals surface area contributed by atoms with Gasteiger partial charge in [-0.05, 0) is 41.7 Å². The van der Waals surface area contributed by atoms with Gasteiger partial charge in [-0.2, -0.15) is 0 Å². The van der Waals surface area contributed by atoms with Crippen LogP contribution in [-0.2, 0) is 5.41 Å². The molecule has 1 heterocycles. The van der Waals surface area contributed by atoms with Gasteiger partial charge in [-0.3, -0.25) is 4.98 Å². The molecule has 0 unspecified atom stereocenters. The molecule has 16 heavy (non-hydrogen) atoms. The van der Waals surface area contributed by atoms with Gasteiger partial charge in [0.15, 0.2) is 0 Å². The fourth-order valence-corrected chi connectivity index (χ4v) is 1.99. The molecule has 0 aliphatic carbocycles. The number of aryl methyl sites for hydroxylation is 1. The zero-order chi connectivity index (χ0) is 11.9. The van der Waals surface area contributed by atoms with Crippen LogP contribution in [0.4, 0.5) is 4.39 Å². The summed E-state index contributed by atoms with van der Waals surface area (Å²) in [4.78, 5) is 4.24. The van der Waals surface area contributed by atoms with Crippen LogP contribution in [0.2, 0.25) is 0 Å². The maximum atomic E-state index is 14.0. The van der Waals surface area contributed by atoms with Crippen LogP contribution in [0.15, 0.2) is 24.4 Å². The largest absolute Gasteiger partial charge is 0.256 e. The van der Waals surface area contributed by atoms with Crippen molar-refractivity contribution in [1.29, 1.82) is 0 Å². The Hall–Kier alpha value is -1.44. The molecular weight excluding hydrogens is 201 g/mol. The van der Waals surface area contributed by atoms with Gasteiger partial charge in [0, 0.05) is 11.6 Å². The average Bonchev–Trinajstić information content (AvgIpc) is 2.14. The van der Waals surface area contributed by atoms with Crippen LogP contribution in [-0.4, -0.2) is 4.98 Å². The lowest BCUT2D eigenvalue weighted by Gasteiger charge is -2.21.